The Labute approximate surface area is 129 Å². The number of anilines is 1. The molecule has 3 rings (SSSR count). The zero-order chi connectivity index (χ0) is 14.1. The van der Waals surface area contributed by atoms with E-state index in [0.29, 0.717) is 21.7 Å². The number of aromatic amines is 1. The van der Waals surface area contributed by atoms with E-state index in [9.17, 15) is 4.39 Å². The molecule has 1 heterocycles. The molecule has 2 nitrogen and oxygen atoms in total. The van der Waals surface area contributed by atoms with E-state index in [1.807, 2.05) is 24.4 Å². The Hall–Kier alpha value is -1.52. The first-order chi connectivity index (χ1) is 9.65. The van der Waals surface area contributed by atoms with Crippen molar-refractivity contribution in [3.05, 3.63) is 63.5 Å². The summed E-state index contributed by atoms with van der Waals surface area (Å²) in [7, 11) is 0. The van der Waals surface area contributed by atoms with Crippen LogP contribution in [0.15, 0.2) is 47.1 Å². The number of rotatable bonds is 3. The zero-order valence-corrected chi connectivity index (χ0v) is 12.7. The summed E-state index contributed by atoms with van der Waals surface area (Å²) < 4.78 is 13.8. The third-order valence-corrected chi connectivity index (χ3v) is 4.07. The van der Waals surface area contributed by atoms with Crippen molar-refractivity contribution in [2.75, 3.05) is 5.32 Å². The smallest absolute Gasteiger partial charge is 0.125 e. The number of H-pyrrole nitrogens is 1. The Kier molecular flexibility index (Phi) is 3.68. The van der Waals surface area contributed by atoms with Crippen molar-refractivity contribution in [2.24, 2.45) is 0 Å². The number of aromatic nitrogens is 1. The normalized spacial score (nSPS) is 10.9. The van der Waals surface area contributed by atoms with Gasteiger partial charge in [-0.05, 0) is 45.8 Å². The lowest BCUT2D eigenvalue weighted by Gasteiger charge is -2.11. The second-order valence-electron chi connectivity index (χ2n) is 4.45. The van der Waals surface area contributed by atoms with Crippen molar-refractivity contribution < 1.29 is 4.39 Å². The van der Waals surface area contributed by atoms with Crippen LogP contribution in [-0.2, 0) is 6.54 Å². The van der Waals surface area contributed by atoms with Gasteiger partial charge in [-0.25, -0.2) is 4.39 Å². The molecule has 0 aliphatic heterocycles. The molecule has 0 bridgehead atoms. The van der Waals surface area contributed by atoms with E-state index in [-0.39, 0.29) is 5.82 Å². The summed E-state index contributed by atoms with van der Waals surface area (Å²) in [6.45, 7) is 0.610. The first kappa shape index (κ1) is 13.5. The summed E-state index contributed by atoms with van der Waals surface area (Å²) in [5, 5.41) is 4.77. The van der Waals surface area contributed by atoms with Crippen molar-refractivity contribution in [1.29, 1.82) is 0 Å². The highest BCUT2D eigenvalue weighted by molar-refractivity contribution is 9.10. The van der Waals surface area contributed by atoms with Gasteiger partial charge in [0.1, 0.15) is 5.82 Å². The number of nitrogens with one attached hydrogen (secondary N) is 2. The fraction of sp³-hybridized carbons (Fsp3) is 0.0667. The molecule has 3 aromatic rings. The summed E-state index contributed by atoms with van der Waals surface area (Å²) in [5.74, 6) is -0.361. The van der Waals surface area contributed by atoms with Gasteiger partial charge < -0.3 is 10.3 Å². The monoisotopic (exact) mass is 352 g/mol. The van der Waals surface area contributed by atoms with E-state index in [1.165, 1.54) is 12.1 Å². The maximum Gasteiger partial charge on any atom is 0.125 e. The molecule has 0 amide bonds. The molecule has 20 heavy (non-hydrogen) atoms. The Bertz CT molecular complexity index is 746. The van der Waals surface area contributed by atoms with E-state index in [1.54, 1.807) is 0 Å². The second-order valence-corrected chi connectivity index (χ2v) is 5.72. The quantitative estimate of drug-likeness (QED) is 0.654. The fourth-order valence-electron chi connectivity index (χ4n) is 2.20. The van der Waals surface area contributed by atoms with Crippen molar-refractivity contribution in [3.8, 4) is 0 Å². The molecular formula is C15H11BrClFN2. The molecule has 0 saturated heterocycles. The van der Waals surface area contributed by atoms with Gasteiger partial charge in [-0.2, -0.15) is 0 Å². The lowest BCUT2D eigenvalue weighted by atomic mass is 10.1. The minimum atomic E-state index is -0.361. The van der Waals surface area contributed by atoms with E-state index < -0.39 is 0 Å². The molecule has 0 radical (unpaired) electrons. The van der Waals surface area contributed by atoms with Crippen LogP contribution in [0, 0.1) is 5.82 Å². The lowest BCUT2D eigenvalue weighted by Crippen LogP contribution is -2.01. The first-order valence-electron chi connectivity index (χ1n) is 6.08. The predicted octanol–water partition coefficient (Wildman–Crippen LogP) is 5.34. The zero-order valence-electron chi connectivity index (χ0n) is 10.4. The summed E-state index contributed by atoms with van der Waals surface area (Å²) in [4.78, 5) is 3.18. The third-order valence-electron chi connectivity index (χ3n) is 3.15. The van der Waals surface area contributed by atoms with Gasteiger partial charge in [0, 0.05) is 28.1 Å². The van der Waals surface area contributed by atoms with E-state index in [0.717, 1.165) is 16.5 Å². The van der Waals surface area contributed by atoms with Crippen LogP contribution in [-0.4, -0.2) is 4.98 Å². The van der Waals surface area contributed by atoms with Crippen LogP contribution in [0.4, 0.5) is 10.1 Å². The minimum absolute atomic E-state index is 0.359. The number of hydrogen-bond acceptors (Lipinski definition) is 1. The molecule has 1 aromatic heterocycles. The molecule has 0 aliphatic carbocycles. The largest absolute Gasteiger partial charge is 0.379 e. The highest BCUT2D eigenvalue weighted by Gasteiger charge is 2.09. The van der Waals surface area contributed by atoms with Gasteiger partial charge in [0.15, 0.2) is 0 Å². The molecule has 102 valence electrons. The Morgan fingerprint density at radius 2 is 2.10 bits per heavy atom. The Balaban J connectivity index is 1.89. The summed E-state index contributed by atoms with van der Waals surface area (Å²) in [6.07, 6.45) is 1.91. The first-order valence-corrected chi connectivity index (χ1v) is 7.25. The molecule has 0 fully saturated rings. The minimum Gasteiger partial charge on any atom is -0.379 e. The molecule has 0 saturated carbocycles. The molecule has 0 aliphatic rings. The van der Waals surface area contributed by atoms with E-state index >= 15 is 0 Å². The fourth-order valence-corrected chi connectivity index (χ4v) is 3.16. The van der Waals surface area contributed by atoms with Gasteiger partial charge in [-0.3, -0.25) is 0 Å². The highest BCUT2D eigenvalue weighted by atomic mass is 79.9. The van der Waals surface area contributed by atoms with Gasteiger partial charge >= 0.3 is 0 Å². The topological polar surface area (TPSA) is 27.8 Å². The van der Waals surface area contributed by atoms with Crippen LogP contribution in [0.5, 0.6) is 0 Å². The van der Waals surface area contributed by atoms with Gasteiger partial charge in [0.25, 0.3) is 0 Å². The average molecular weight is 354 g/mol. The van der Waals surface area contributed by atoms with Gasteiger partial charge in [0.2, 0.25) is 0 Å². The lowest BCUT2D eigenvalue weighted by molar-refractivity contribution is 0.627. The molecular weight excluding hydrogens is 343 g/mol. The maximum absolute atomic E-state index is 13.2. The molecule has 2 N–H and O–H groups in total. The second kappa shape index (κ2) is 5.46. The van der Waals surface area contributed by atoms with Crippen molar-refractivity contribution in [1.82, 2.24) is 4.98 Å². The summed E-state index contributed by atoms with van der Waals surface area (Å²) >= 11 is 9.38. The van der Waals surface area contributed by atoms with Crippen LogP contribution in [0.1, 0.15) is 5.56 Å². The molecule has 0 unspecified atom stereocenters. The summed E-state index contributed by atoms with van der Waals surface area (Å²) in [6, 6.07) is 10.8. The van der Waals surface area contributed by atoms with Crippen molar-refractivity contribution >= 4 is 44.1 Å². The Morgan fingerprint density at radius 1 is 1.25 bits per heavy atom. The predicted molar refractivity (Wildman–Crippen MR) is 84.7 cm³/mol. The standard InChI is InChI=1S/C15H11BrClFN2/c16-12-6-10(18)7-13(17)15(12)20-8-9-2-1-3-14-11(9)4-5-19-14/h1-7,19-20H,8H2. The van der Waals surface area contributed by atoms with Crippen molar-refractivity contribution in [3.63, 3.8) is 0 Å². The Morgan fingerprint density at radius 3 is 2.90 bits per heavy atom. The van der Waals surface area contributed by atoms with E-state index in [2.05, 4.69) is 32.3 Å². The third kappa shape index (κ3) is 2.53. The number of hydrogen-bond donors (Lipinski definition) is 2. The van der Waals surface area contributed by atoms with Crippen LogP contribution >= 0.6 is 27.5 Å². The van der Waals surface area contributed by atoms with E-state index in [4.69, 9.17) is 11.6 Å². The van der Waals surface area contributed by atoms with Gasteiger partial charge in [-0.1, -0.05) is 23.7 Å². The average Bonchev–Trinajstić information content (AvgIpc) is 2.86. The number of benzene rings is 2. The summed E-state index contributed by atoms with van der Waals surface area (Å²) in [5.41, 5.74) is 2.94. The van der Waals surface area contributed by atoms with Crippen LogP contribution in [0.3, 0.4) is 0 Å². The highest BCUT2D eigenvalue weighted by Crippen LogP contribution is 2.32. The molecule has 0 atom stereocenters. The van der Waals surface area contributed by atoms with Crippen molar-refractivity contribution in [2.45, 2.75) is 6.54 Å². The number of halogens is 3. The van der Waals surface area contributed by atoms with Gasteiger partial charge in [0.05, 0.1) is 10.7 Å². The number of fused-ring (bicyclic) bond motifs is 1. The van der Waals surface area contributed by atoms with Crippen LogP contribution in [0.2, 0.25) is 5.02 Å². The SMILES string of the molecule is Fc1cc(Cl)c(NCc2cccc3[nH]ccc23)c(Br)c1. The maximum atomic E-state index is 13.2. The van der Waals surface area contributed by atoms with Crippen LogP contribution in [0.25, 0.3) is 10.9 Å². The van der Waals surface area contributed by atoms with Gasteiger partial charge in [-0.15, -0.1) is 0 Å². The molecule has 5 heteroatoms. The molecule has 2 aromatic carbocycles. The van der Waals surface area contributed by atoms with Crippen LogP contribution < -0.4 is 5.32 Å². The molecule has 0 spiro atoms.